The molecule has 0 aliphatic carbocycles. The average molecular weight is 370 g/mol. The van der Waals surface area contributed by atoms with Gasteiger partial charge in [-0.05, 0) is 43.4 Å². The third kappa shape index (κ3) is 2.66. The Morgan fingerprint density at radius 3 is 2.77 bits per heavy atom. The third-order valence-electron chi connectivity index (χ3n) is 4.91. The smallest absolute Gasteiger partial charge is 0.199 e. The summed E-state index contributed by atoms with van der Waals surface area (Å²) in [6, 6.07) is 9.08. The van der Waals surface area contributed by atoms with E-state index in [0.717, 1.165) is 42.9 Å². The number of pyridine rings is 1. The molecule has 2 aromatic heterocycles. The standard InChI is InChI=1S/C19H20ClN5O/c1-3-24(4-2)10-9-21-14-6-7-15-18-17(14)19(26)13-11-12(20)5-8-16(13)25(18)23-22-15/h5-8,11,21H,3-4,9-10H2,1-2H3. The zero-order chi connectivity index (χ0) is 18.3. The molecule has 0 bridgehead atoms. The summed E-state index contributed by atoms with van der Waals surface area (Å²) in [6.45, 7) is 7.98. The first-order valence-electron chi connectivity index (χ1n) is 8.83. The predicted molar refractivity (Wildman–Crippen MR) is 107 cm³/mol. The fourth-order valence-electron chi connectivity index (χ4n) is 3.46. The molecule has 134 valence electrons. The summed E-state index contributed by atoms with van der Waals surface area (Å²) < 4.78 is 1.73. The maximum Gasteiger partial charge on any atom is 0.199 e. The van der Waals surface area contributed by atoms with Gasteiger partial charge in [0.15, 0.2) is 5.43 Å². The van der Waals surface area contributed by atoms with Gasteiger partial charge < -0.3 is 10.2 Å². The lowest BCUT2D eigenvalue weighted by atomic mass is 10.1. The van der Waals surface area contributed by atoms with Gasteiger partial charge in [0, 0.05) is 29.2 Å². The van der Waals surface area contributed by atoms with Gasteiger partial charge >= 0.3 is 0 Å². The van der Waals surface area contributed by atoms with Crippen LogP contribution in [0.4, 0.5) is 5.69 Å². The van der Waals surface area contributed by atoms with Gasteiger partial charge in [-0.15, -0.1) is 5.10 Å². The van der Waals surface area contributed by atoms with Crippen molar-refractivity contribution in [3.8, 4) is 0 Å². The molecule has 2 aromatic carbocycles. The highest BCUT2D eigenvalue weighted by atomic mass is 35.5. The molecule has 0 saturated carbocycles. The normalized spacial score (nSPS) is 12.0. The molecule has 0 amide bonds. The average Bonchev–Trinajstić information content (AvgIpc) is 3.08. The molecule has 0 radical (unpaired) electrons. The molecule has 2 heterocycles. The Morgan fingerprint density at radius 2 is 2.00 bits per heavy atom. The number of likely N-dealkylation sites (N-methyl/N-ethyl adjacent to an activating group) is 1. The zero-order valence-electron chi connectivity index (χ0n) is 14.8. The van der Waals surface area contributed by atoms with Crippen molar-refractivity contribution in [3.05, 3.63) is 45.6 Å². The maximum atomic E-state index is 13.2. The summed E-state index contributed by atoms with van der Waals surface area (Å²) in [5.74, 6) is 0. The molecular weight excluding hydrogens is 350 g/mol. The fraction of sp³-hybridized carbons (Fsp3) is 0.316. The zero-order valence-corrected chi connectivity index (χ0v) is 15.5. The number of nitrogens with zero attached hydrogens (tertiary/aromatic N) is 4. The number of nitrogens with one attached hydrogen (secondary N) is 1. The van der Waals surface area contributed by atoms with Crippen LogP contribution in [0, 0.1) is 0 Å². The second-order valence-electron chi connectivity index (χ2n) is 6.30. The van der Waals surface area contributed by atoms with Gasteiger partial charge in [0.1, 0.15) is 11.0 Å². The van der Waals surface area contributed by atoms with Crippen LogP contribution < -0.4 is 10.7 Å². The van der Waals surface area contributed by atoms with Crippen LogP contribution in [0.2, 0.25) is 5.02 Å². The molecule has 0 fully saturated rings. The number of aromatic nitrogens is 3. The largest absolute Gasteiger partial charge is 0.383 e. The fourth-order valence-corrected chi connectivity index (χ4v) is 3.63. The highest BCUT2D eigenvalue weighted by Crippen LogP contribution is 2.28. The molecule has 7 heteroatoms. The van der Waals surface area contributed by atoms with Gasteiger partial charge in [0.25, 0.3) is 0 Å². The Morgan fingerprint density at radius 1 is 1.19 bits per heavy atom. The van der Waals surface area contributed by atoms with E-state index in [4.69, 9.17) is 11.6 Å². The van der Waals surface area contributed by atoms with Crippen LogP contribution in [-0.4, -0.2) is 45.9 Å². The summed E-state index contributed by atoms with van der Waals surface area (Å²) in [4.78, 5) is 15.5. The van der Waals surface area contributed by atoms with Crippen molar-refractivity contribution in [2.75, 3.05) is 31.5 Å². The van der Waals surface area contributed by atoms with E-state index in [2.05, 4.69) is 34.4 Å². The van der Waals surface area contributed by atoms with Gasteiger partial charge in [-0.3, -0.25) is 4.79 Å². The van der Waals surface area contributed by atoms with E-state index in [1.54, 1.807) is 16.6 Å². The van der Waals surface area contributed by atoms with Crippen molar-refractivity contribution in [3.63, 3.8) is 0 Å². The van der Waals surface area contributed by atoms with Gasteiger partial charge in [-0.2, -0.15) is 0 Å². The van der Waals surface area contributed by atoms with Crippen LogP contribution in [0.25, 0.3) is 27.3 Å². The molecule has 4 aromatic rings. The summed E-state index contributed by atoms with van der Waals surface area (Å²) in [6.07, 6.45) is 0. The first-order chi connectivity index (χ1) is 12.6. The number of fused-ring (bicyclic) bond motifs is 2. The molecule has 4 rings (SSSR count). The summed E-state index contributed by atoms with van der Waals surface area (Å²) in [5, 5.41) is 13.6. The van der Waals surface area contributed by atoms with Crippen molar-refractivity contribution < 1.29 is 0 Å². The first kappa shape index (κ1) is 17.0. The van der Waals surface area contributed by atoms with Gasteiger partial charge in [0.2, 0.25) is 0 Å². The number of benzene rings is 2. The van der Waals surface area contributed by atoms with Crippen LogP contribution >= 0.6 is 11.6 Å². The van der Waals surface area contributed by atoms with Crippen LogP contribution in [0.3, 0.4) is 0 Å². The summed E-state index contributed by atoms with van der Waals surface area (Å²) >= 11 is 6.12. The van der Waals surface area contributed by atoms with E-state index < -0.39 is 0 Å². The molecule has 0 aliphatic heterocycles. The number of halogens is 1. The molecule has 26 heavy (non-hydrogen) atoms. The molecule has 0 unspecified atom stereocenters. The summed E-state index contributed by atoms with van der Waals surface area (Å²) in [5.41, 5.74) is 2.94. The molecule has 0 saturated heterocycles. The SMILES string of the molecule is CCN(CC)CCNc1ccc2nnn3c4ccc(Cl)cc4c(=O)c1c23. The predicted octanol–water partition coefficient (Wildman–Crippen LogP) is 3.24. The molecular formula is C19H20ClN5O. The molecule has 6 nitrogen and oxygen atoms in total. The second kappa shape index (κ2) is 6.70. The lowest BCUT2D eigenvalue weighted by Gasteiger charge is -2.19. The number of hydrogen-bond acceptors (Lipinski definition) is 5. The van der Waals surface area contributed by atoms with Crippen LogP contribution in [0.5, 0.6) is 0 Å². The van der Waals surface area contributed by atoms with E-state index in [1.807, 2.05) is 18.2 Å². The second-order valence-corrected chi connectivity index (χ2v) is 6.74. The summed E-state index contributed by atoms with van der Waals surface area (Å²) in [7, 11) is 0. The van der Waals surface area contributed by atoms with Gasteiger partial charge in [-0.1, -0.05) is 30.7 Å². The van der Waals surface area contributed by atoms with Crippen molar-refractivity contribution in [2.24, 2.45) is 0 Å². The minimum absolute atomic E-state index is 0.0479. The Bertz CT molecular complexity index is 1140. The molecule has 0 atom stereocenters. The van der Waals surface area contributed by atoms with Crippen LogP contribution in [0.1, 0.15) is 13.8 Å². The van der Waals surface area contributed by atoms with E-state index >= 15 is 0 Å². The minimum Gasteiger partial charge on any atom is -0.383 e. The van der Waals surface area contributed by atoms with Crippen LogP contribution in [-0.2, 0) is 0 Å². The van der Waals surface area contributed by atoms with Crippen molar-refractivity contribution in [2.45, 2.75) is 13.8 Å². The highest BCUT2D eigenvalue weighted by molar-refractivity contribution is 6.31. The van der Waals surface area contributed by atoms with Gasteiger partial charge in [0.05, 0.1) is 10.9 Å². The monoisotopic (exact) mass is 369 g/mol. The number of hydrogen-bond donors (Lipinski definition) is 1. The Balaban J connectivity index is 1.87. The van der Waals surface area contributed by atoms with E-state index in [0.29, 0.717) is 21.3 Å². The van der Waals surface area contributed by atoms with Crippen LogP contribution in [0.15, 0.2) is 35.1 Å². The van der Waals surface area contributed by atoms with E-state index in [1.165, 1.54) is 0 Å². The number of rotatable bonds is 6. The number of anilines is 1. The molecule has 0 aliphatic rings. The topological polar surface area (TPSA) is 62.5 Å². The van der Waals surface area contributed by atoms with Gasteiger partial charge in [-0.25, -0.2) is 4.52 Å². The lowest BCUT2D eigenvalue weighted by molar-refractivity contribution is 0.316. The quantitative estimate of drug-likeness (QED) is 0.529. The Labute approximate surface area is 155 Å². The van der Waals surface area contributed by atoms with Crippen molar-refractivity contribution in [1.29, 1.82) is 0 Å². The minimum atomic E-state index is -0.0479. The highest BCUT2D eigenvalue weighted by Gasteiger charge is 2.17. The van der Waals surface area contributed by atoms with E-state index in [9.17, 15) is 4.79 Å². The van der Waals surface area contributed by atoms with E-state index in [-0.39, 0.29) is 5.43 Å². The maximum absolute atomic E-state index is 13.2. The first-order valence-corrected chi connectivity index (χ1v) is 9.21. The Hall–Kier alpha value is -2.44. The van der Waals surface area contributed by atoms with Crippen molar-refractivity contribution >= 4 is 44.6 Å². The molecule has 1 N–H and O–H groups in total. The molecule has 0 spiro atoms. The lowest BCUT2D eigenvalue weighted by Crippen LogP contribution is -2.28. The Kier molecular flexibility index (Phi) is 4.38. The van der Waals surface area contributed by atoms with Crippen molar-refractivity contribution in [1.82, 2.24) is 19.7 Å². The third-order valence-corrected chi connectivity index (χ3v) is 5.14.